The number of carbonyl (C=O) groups is 2. The van der Waals surface area contributed by atoms with E-state index in [1.807, 2.05) is 0 Å². The Bertz CT molecular complexity index is 748. The topological polar surface area (TPSA) is 58.6 Å². The molecule has 0 aliphatic rings. The van der Waals surface area contributed by atoms with E-state index >= 15 is 0 Å². The number of nitrogens with one attached hydrogen (secondary N) is 1. The van der Waals surface area contributed by atoms with Crippen molar-refractivity contribution in [3.05, 3.63) is 56.6 Å². The van der Waals surface area contributed by atoms with Gasteiger partial charge in [0.05, 0.1) is 5.56 Å². The van der Waals surface area contributed by atoms with Crippen LogP contribution >= 0.6 is 34.2 Å². The predicted octanol–water partition coefficient (Wildman–Crippen LogP) is 3.66. The van der Waals surface area contributed by atoms with Crippen molar-refractivity contribution >= 4 is 51.7 Å². The third-order valence-electron chi connectivity index (χ3n) is 3.15. The number of hydrogen-bond donors (Lipinski definition) is 1. The number of likely N-dealkylation sites (N-methyl/N-ethyl adjacent to an activating group) is 1. The highest BCUT2D eigenvalue weighted by molar-refractivity contribution is 14.1. The second-order valence-electron chi connectivity index (χ2n) is 5.18. The Labute approximate surface area is 159 Å². The summed E-state index contributed by atoms with van der Waals surface area (Å²) in [5.74, 6) is 0.224. The van der Waals surface area contributed by atoms with Gasteiger partial charge in [-0.3, -0.25) is 9.59 Å². The van der Waals surface area contributed by atoms with Crippen molar-refractivity contribution in [1.29, 1.82) is 0 Å². The third kappa shape index (κ3) is 5.10. The molecule has 2 amide bonds. The minimum atomic E-state index is -0.215. The fraction of sp³-hybridized carbons (Fsp3) is 0.176. The maximum Gasteiger partial charge on any atom is 0.259 e. The van der Waals surface area contributed by atoms with Crippen LogP contribution < -0.4 is 10.1 Å². The molecule has 126 valence electrons. The highest BCUT2D eigenvalue weighted by atomic mass is 127. The monoisotopic (exact) mass is 458 g/mol. The normalized spacial score (nSPS) is 10.2. The van der Waals surface area contributed by atoms with Crippen molar-refractivity contribution in [1.82, 2.24) is 4.90 Å². The van der Waals surface area contributed by atoms with Crippen molar-refractivity contribution in [3.8, 4) is 5.75 Å². The predicted molar refractivity (Wildman–Crippen MR) is 103 cm³/mol. The molecule has 0 atom stereocenters. The maximum atomic E-state index is 12.3. The van der Waals surface area contributed by atoms with Gasteiger partial charge in [-0.05, 0) is 65.1 Å². The molecule has 0 saturated carbocycles. The number of nitrogens with zero attached hydrogens (tertiary/aromatic N) is 1. The van der Waals surface area contributed by atoms with Crippen molar-refractivity contribution in [2.75, 3.05) is 26.0 Å². The van der Waals surface area contributed by atoms with Crippen LogP contribution in [0.15, 0.2) is 42.5 Å². The minimum Gasteiger partial charge on any atom is -0.484 e. The first-order valence-electron chi connectivity index (χ1n) is 7.06. The zero-order valence-electron chi connectivity index (χ0n) is 13.2. The van der Waals surface area contributed by atoms with Gasteiger partial charge < -0.3 is 15.0 Å². The largest absolute Gasteiger partial charge is 0.484 e. The van der Waals surface area contributed by atoms with Gasteiger partial charge >= 0.3 is 0 Å². The molecular weight excluding hydrogens is 443 g/mol. The maximum absolute atomic E-state index is 12.3. The van der Waals surface area contributed by atoms with Gasteiger partial charge in [0.2, 0.25) is 0 Å². The van der Waals surface area contributed by atoms with E-state index in [9.17, 15) is 9.59 Å². The summed E-state index contributed by atoms with van der Waals surface area (Å²) >= 11 is 7.96. The minimum absolute atomic E-state index is 0.0261. The molecular formula is C17H16ClIN2O3. The Morgan fingerprint density at radius 3 is 2.42 bits per heavy atom. The van der Waals surface area contributed by atoms with Crippen LogP contribution in [0.2, 0.25) is 5.02 Å². The highest BCUT2D eigenvalue weighted by Gasteiger charge is 2.11. The molecule has 0 spiro atoms. The van der Waals surface area contributed by atoms with E-state index in [4.69, 9.17) is 16.3 Å². The molecule has 0 bridgehead atoms. The number of anilines is 1. The van der Waals surface area contributed by atoms with Gasteiger partial charge in [0, 0.05) is 28.4 Å². The summed E-state index contributed by atoms with van der Waals surface area (Å²) in [5.41, 5.74) is 1.19. The standard InChI is InChI=1S/C17H16ClIN2O3/c1-21(2)16(22)10-24-13-6-4-12(5-7-13)20-17(23)14-8-3-11(18)9-15(14)19/h3-9H,10H2,1-2H3,(H,20,23). The molecule has 2 rings (SSSR count). The van der Waals surface area contributed by atoms with Crippen LogP contribution in [0, 0.1) is 3.57 Å². The van der Waals surface area contributed by atoms with E-state index in [0.29, 0.717) is 22.0 Å². The van der Waals surface area contributed by atoms with Crippen molar-refractivity contribution < 1.29 is 14.3 Å². The number of benzene rings is 2. The summed E-state index contributed by atoms with van der Waals surface area (Å²) in [5, 5.41) is 3.40. The molecule has 0 radical (unpaired) electrons. The summed E-state index contributed by atoms with van der Waals surface area (Å²) in [6.07, 6.45) is 0. The first-order chi connectivity index (χ1) is 11.4. The molecule has 0 unspecified atom stereocenters. The lowest BCUT2D eigenvalue weighted by molar-refractivity contribution is -0.130. The van der Waals surface area contributed by atoms with E-state index in [1.165, 1.54) is 4.90 Å². The summed E-state index contributed by atoms with van der Waals surface area (Å²) in [7, 11) is 3.34. The summed E-state index contributed by atoms with van der Waals surface area (Å²) in [4.78, 5) is 25.2. The first kappa shape index (κ1) is 18.5. The molecule has 2 aromatic rings. The van der Waals surface area contributed by atoms with Crippen LogP contribution in [0.4, 0.5) is 5.69 Å². The summed E-state index contributed by atoms with van der Waals surface area (Å²) in [6.45, 7) is -0.0261. The SMILES string of the molecule is CN(C)C(=O)COc1ccc(NC(=O)c2ccc(Cl)cc2I)cc1. The summed E-state index contributed by atoms with van der Waals surface area (Å²) < 4.78 is 6.16. The van der Waals surface area contributed by atoms with E-state index in [0.717, 1.165) is 3.57 Å². The second-order valence-corrected chi connectivity index (χ2v) is 6.78. The number of ether oxygens (including phenoxy) is 1. The fourth-order valence-corrected chi connectivity index (χ4v) is 2.90. The van der Waals surface area contributed by atoms with E-state index < -0.39 is 0 Å². The molecule has 24 heavy (non-hydrogen) atoms. The number of rotatable bonds is 5. The lowest BCUT2D eigenvalue weighted by Gasteiger charge is -2.12. The van der Waals surface area contributed by atoms with Gasteiger partial charge in [-0.25, -0.2) is 0 Å². The number of halogens is 2. The average molecular weight is 459 g/mol. The summed E-state index contributed by atoms with van der Waals surface area (Å²) in [6, 6.07) is 11.9. The molecule has 1 N–H and O–H groups in total. The molecule has 7 heteroatoms. The van der Waals surface area contributed by atoms with Crippen molar-refractivity contribution in [3.63, 3.8) is 0 Å². The Hall–Kier alpha value is -1.80. The van der Waals surface area contributed by atoms with Gasteiger partial charge in [0.15, 0.2) is 6.61 Å². The Kier molecular flexibility index (Phi) is 6.44. The molecule has 0 aliphatic carbocycles. The second kappa shape index (κ2) is 8.34. The molecule has 0 heterocycles. The van der Waals surface area contributed by atoms with Crippen molar-refractivity contribution in [2.24, 2.45) is 0 Å². The average Bonchev–Trinajstić information content (AvgIpc) is 2.53. The van der Waals surface area contributed by atoms with Crippen molar-refractivity contribution in [2.45, 2.75) is 0 Å². The quantitative estimate of drug-likeness (QED) is 0.696. The molecule has 0 aromatic heterocycles. The Morgan fingerprint density at radius 1 is 1.17 bits per heavy atom. The highest BCUT2D eigenvalue weighted by Crippen LogP contribution is 2.20. The molecule has 2 aromatic carbocycles. The number of amides is 2. The van der Waals surface area contributed by atoms with Crippen LogP contribution in [-0.2, 0) is 4.79 Å². The van der Waals surface area contributed by atoms with Crippen LogP contribution in [0.3, 0.4) is 0 Å². The Balaban J connectivity index is 1.98. The van der Waals surface area contributed by atoms with E-state index in [-0.39, 0.29) is 18.4 Å². The Morgan fingerprint density at radius 2 is 1.83 bits per heavy atom. The lowest BCUT2D eigenvalue weighted by Crippen LogP contribution is -2.27. The van der Waals surface area contributed by atoms with Crippen LogP contribution in [0.1, 0.15) is 10.4 Å². The fourth-order valence-electron chi connectivity index (χ4n) is 1.78. The molecule has 0 fully saturated rings. The molecule has 0 saturated heterocycles. The molecule has 0 aliphatic heterocycles. The van der Waals surface area contributed by atoms with Gasteiger partial charge in [0.1, 0.15) is 5.75 Å². The van der Waals surface area contributed by atoms with Crippen LogP contribution in [-0.4, -0.2) is 37.4 Å². The number of carbonyl (C=O) groups excluding carboxylic acids is 2. The molecule has 5 nitrogen and oxygen atoms in total. The van der Waals surface area contributed by atoms with E-state index in [1.54, 1.807) is 56.6 Å². The van der Waals surface area contributed by atoms with Gasteiger partial charge in [0.25, 0.3) is 11.8 Å². The third-order valence-corrected chi connectivity index (χ3v) is 4.28. The van der Waals surface area contributed by atoms with E-state index in [2.05, 4.69) is 27.9 Å². The van der Waals surface area contributed by atoms with Gasteiger partial charge in [-0.15, -0.1) is 0 Å². The van der Waals surface area contributed by atoms with Crippen LogP contribution in [0.5, 0.6) is 5.75 Å². The smallest absolute Gasteiger partial charge is 0.259 e. The zero-order valence-corrected chi connectivity index (χ0v) is 16.1. The first-order valence-corrected chi connectivity index (χ1v) is 8.52. The number of hydrogen-bond acceptors (Lipinski definition) is 3. The van der Waals surface area contributed by atoms with Gasteiger partial charge in [-0.1, -0.05) is 11.6 Å². The van der Waals surface area contributed by atoms with Gasteiger partial charge in [-0.2, -0.15) is 0 Å². The lowest BCUT2D eigenvalue weighted by atomic mass is 10.2. The van der Waals surface area contributed by atoms with Crippen LogP contribution in [0.25, 0.3) is 0 Å². The zero-order chi connectivity index (χ0) is 17.7.